The van der Waals surface area contributed by atoms with Crippen LogP contribution in [0.5, 0.6) is 0 Å². The first-order valence-electron chi connectivity index (χ1n) is 10.9. The van der Waals surface area contributed by atoms with Crippen LogP contribution in [0.15, 0.2) is 48.5 Å². The Morgan fingerprint density at radius 2 is 1.90 bits per heavy atom. The molecule has 7 heteroatoms. The normalized spacial score (nSPS) is 19.8. The molecular weight excluding hydrogens is 414 g/mol. The van der Waals surface area contributed by atoms with Gasteiger partial charge in [0.05, 0.1) is 6.04 Å². The second-order valence-corrected chi connectivity index (χ2v) is 8.53. The van der Waals surface area contributed by atoms with Crippen molar-refractivity contribution in [3.05, 3.63) is 64.7 Å². The Hall–Kier alpha value is -2.41. The summed E-state index contributed by atoms with van der Waals surface area (Å²) >= 11 is 6.21. The molecule has 2 N–H and O–H groups in total. The number of hydrogen-bond acceptors (Lipinski definition) is 4. The van der Waals surface area contributed by atoms with Gasteiger partial charge in [0, 0.05) is 29.4 Å². The van der Waals surface area contributed by atoms with Crippen LogP contribution >= 0.6 is 11.6 Å². The first-order valence-corrected chi connectivity index (χ1v) is 11.3. The zero-order valence-corrected chi connectivity index (χ0v) is 18.2. The van der Waals surface area contributed by atoms with Crippen LogP contribution in [0.2, 0.25) is 5.02 Å². The van der Waals surface area contributed by atoms with Gasteiger partial charge < -0.3 is 15.4 Å². The lowest BCUT2D eigenvalue weighted by molar-refractivity contribution is -0.124. The number of hydrogen-bond donors (Lipinski definition) is 2. The van der Waals surface area contributed by atoms with Gasteiger partial charge in [-0.25, -0.2) is 0 Å². The Morgan fingerprint density at radius 3 is 2.65 bits per heavy atom. The Labute approximate surface area is 187 Å². The average Bonchev–Trinajstić information content (AvgIpc) is 3.49. The highest BCUT2D eigenvalue weighted by molar-refractivity contribution is 6.30. The van der Waals surface area contributed by atoms with Gasteiger partial charge in [-0.3, -0.25) is 14.5 Å². The molecule has 2 aliphatic rings. The van der Waals surface area contributed by atoms with Crippen LogP contribution in [0.25, 0.3) is 0 Å². The van der Waals surface area contributed by atoms with E-state index in [-0.39, 0.29) is 17.9 Å². The Bertz CT molecular complexity index is 924. The van der Waals surface area contributed by atoms with E-state index >= 15 is 0 Å². The van der Waals surface area contributed by atoms with Crippen molar-refractivity contribution in [2.45, 2.75) is 37.8 Å². The largest absolute Gasteiger partial charge is 0.368 e. The lowest BCUT2D eigenvalue weighted by Crippen LogP contribution is -2.36. The molecule has 2 heterocycles. The number of carbonyl (C=O) groups excluding carboxylic acids is 2. The molecule has 2 amide bonds. The van der Waals surface area contributed by atoms with Crippen LogP contribution < -0.4 is 10.6 Å². The topological polar surface area (TPSA) is 70.7 Å². The van der Waals surface area contributed by atoms with Gasteiger partial charge in [-0.05, 0) is 74.7 Å². The Morgan fingerprint density at radius 1 is 1.10 bits per heavy atom. The van der Waals surface area contributed by atoms with Gasteiger partial charge in [0.2, 0.25) is 0 Å². The van der Waals surface area contributed by atoms with Gasteiger partial charge in [-0.2, -0.15) is 0 Å². The van der Waals surface area contributed by atoms with Crippen molar-refractivity contribution in [2.75, 3.05) is 31.6 Å². The number of halogens is 1. The van der Waals surface area contributed by atoms with Crippen molar-refractivity contribution in [2.24, 2.45) is 0 Å². The summed E-state index contributed by atoms with van der Waals surface area (Å²) in [6.07, 6.45) is 3.55. The van der Waals surface area contributed by atoms with E-state index in [2.05, 4.69) is 21.6 Å². The van der Waals surface area contributed by atoms with Crippen LogP contribution in [0.1, 0.15) is 47.6 Å². The van der Waals surface area contributed by atoms with Gasteiger partial charge in [-0.1, -0.05) is 29.8 Å². The smallest absolute Gasteiger partial charge is 0.253 e. The predicted octanol–water partition coefficient (Wildman–Crippen LogP) is 4.02. The second kappa shape index (κ2) is 10.3. The van der Waals surface area contributed by atoms with Crippen molar-refractivity contribution in [3.8, 4) is 0 Å². The zero-order chi connectivity index (χ0) is 21.6. The van der Waals surface area contributed by atoms with Crippen LogP contribution in [0.4, 0.5) is 5.69 Å². The highest BCUT2D eigenvalue weighted by Crippen LogP contribution is 2.26. The number of amides is 2. The fourth-order valence-electron chi connectivity index (χ4n) is 4.26. The van der Waals surface area contributed by atoms with Gasteiger partial charge in [0.1, 0.15) is 6.10 Å². The van der Waals surface area contributed by atoms with E-state index in [1.807, 2.05) is 18.2 Å². The molecule has 2 saturated heterocycles. The fraction of sp³-hybridized carbons (Fsp3) is 0.417. The molecule has 2 aromatic carbocycles. The minimum Gasteiger partial charge on any atom is -0.368 e. The number of nitrogens with one attached hydrogen (secondary N) is 2. The Kier molecular flexibility index (Phi) is 7.22. The van der Waals surface area contributed by atoms with Crippen molar-refractivity contribution in [1.82, 2.24) is 10.2 Å². The third kappa shape index (κ3) is 5.64. The zero-order valence-electron chi connectivity index (χ0n) is 17.5. The van der Waals surface area contributed by atoms with Crippen molar-refractivity contribution in [1.29, 1.82) is 0 Å². The maximum absolute atomic E-state index is 12.9. The molecule has 2 atom stereocenters. The standard InChI is InChI=1S/C24H28ClN3O3/c25-19-8-3-6-17(14-19)21(28-11-1-2-12-28)16-26-23(29)18-7-4-9-20(15-18)27-24(30)22-10-5-13-31-22/h3-4,6-9,14-15,21-22H,1-2,5,10-13,16H2,(H,26,29)(H,27,30). The highest BCUT2D eigenvalue weighted by Gasteiger charge is 2.25. The molecule has 2 unspecified atom stereocenters. The lowest BCUT2D eigenvalue weighted by atomic mass is 10.1. The molecule has 2 aliphatic heterocycles. The lowest BCUT2D eigenvalue weighted by Gasteiger charge is -2.28. The van der Waals surface area contributed by atoms with E-state index in [1.165, 1.54) is 0 Å². The molecule has 0 bridgehead atoms. The molecular formula is C24H28ClN3O3. The summed E-state index contributed by atoms with van der Waals surface area (Å²) in [7, 11) is 0. The van der Waals surface area contributed by atoms with Gasteiger partial charge in [0.15, 0.2) is 0 Å². The Balaban J connectivity index is 1.41. The maximum atomic E-state index is 12.9. The molecule has 6 nitrogen and oxygen atoms in total. The minimum absolute atomic E-state index is 0.0764. The first-order chi connectivity index (χ1) is 15.1. The minimum atomic E-state index is -0.406. The SMILES string of the molecule is O=C(NCC(c1cccc(Cl)c1)N1CCCC1)c1cccc(NC(=O)C2CCCO2)c1. The highest BCUT2D eigenvalue weighted by atomic mass is 35.5. The van der Waals surface area contributed by atoms with E-state index in [1.54, 1.807) is 24.3 Å². The van der Waals surface area contributed by atoms with Gasteiger partial charge in [-0.15, -0.1) is 0 Å². The number of ether oxygens (including phenoxy) is 1. The molecule has 4 rings (SSSR count). The van der Waals surface area contributed by atoms with Crippen LogP contribution in [-0.4, -0.2) is 49.1 Å². The quantitative estimate of drug-likeness (QED) is 0.680. The van der Waals surface area contributed by atoms with Gasteiger partial charge >= 0.3 is 0 Å². The van der Waals surface area contributed by atoms with Crippen molar-refractivity contribution < 1.29 is 14.3 Å². The van der Waals surface area contributed by atoms with E-state index in [0.29, 0.717) is 29.4 Å². The molecule has 0 saturated carbocycles. The van der Waals surface area contributed by atoms with Crippen molar-refractivity contribution >= 4 is 29.1 Å². The molecule has 31 heavy (non-hydrogen) atoms. The summed E-state index contributed by atoms with van der Waals surface area (Å²) in [5.41, 5.74) is 2.21. The molecule has 164 valence electrons. The third-order valence-corrected chi connectivity index (χ3v) is 6.12. The molecule has 0 spiro atoms. The molecule has 0 radical (unpaired) electrons. The second-order valence-electron chi connectivity index (χ2n) is 8.10. The number of rotatable bonds is 7. The number of likely N-dealkylation sites (tertiary alicyclic amines) is 1. The summed E-state index contributed by atoms with van der Waals surface area (Å²) in [4.78, 5) is 27.5. The average molecular weight is 442 g/mol. The first kappa shape index (κ1) is 21.8. The van der Waals surface area contributed by atoms with Crippen LogP contribution in [0, 0.1) is 0 Å². The molecule has 0 aromatic heterocycles. The number of anilines is 1. The molecule has 2 fully saturated rings. The summed E-state index contributed by atoms with van der Waals surface area (Å²) in [6.45, 7) is 3.13. The van der Waals surface area contributed by atoms with Crippen LogP contribution in [0.3, 0.4) is 0 Å². The summed E-state index contributed by atoms with van der Waals surface area (Å²) in [6, 6.07) is 14.9. The summed E-state index contributed by atoms with van der Waals surface area (Å²) in [5.74, 6) is -0.329. The van der Waals surface area contributed by atoms with Crippen LogP contribution in [-0.2, 0) is 9.53 Å². The number of benzene rings is 2. The summed E-state index contributed by atoms with van der Waals surface area (Å²) < 4.78 is 5.42. The molecule has 2 aromatic rings. The predicted molar refractivity (Wildman–Crippen MR) is 121 cm³/mol. The molecule has 0 aliphatic carbocycles. The number of nitrogens with zero attached hydrogens (tertiary/aromatic N) is 1. The summed E-state index contributed by atoms with van der Waals surface area (Å²) in [5, 5.41) is 6.62. The fourth-order valence-corrected chi connectivity index (χ4v) is 4.46. The van der Waals surface area contributed by atoms with E-state index in [0.717, 1.165) is 44.3 Å². The third-order valence-electron chi connectivity index (χ3n) is 5.89. The monoisotopic (exact) mass is 441 g/mol. The van der Waals surface area contributed by atoms with E-state index in [4.69, 9.17) is 16.3 Å². The van der Waals surface area contributed by atoms with Crippen molar-refractivity contribution in [3.63, 3.8) is 0 Å². The number of carbonyl (C=O) groups is 2. The van der Waals surface area contributed by atoms with E-state index < -0.39 is 6.10 Å². The maximum Gasteiger partial charge on any atom is 0.253 e. The van der Waals surface area contributed by atoms with E-state index in [9.17, 15) is 9.59 Å². The van der Waals surface area contributed by atoms with Gasteiger partial charge in [0.25, 0.3) is 11.8 Å².